The van der Waals surface area contributed by atoms with Crippen LogP contribution in [0.2, 0.25) is 0 Å². The molecular weight excluding hydrogens is 493 g/mol. The summed E-state index contributed by atoms with van der Waals surface area (Å²) in [7, 11) is 0. The number of H-pyrrole nitrogens is 1. The van der Waals surface area contributed by atoms with Crippen LogP contribution in [0.15, 0.2) is 17.2 Å². The summed E-state index contributed by atoms with van der Waals surface area (Å²) < 4.78 is 45.5. The molecule has 1 fully saturated rings. The molecule has 0 radical (unpaired) electrons. The van der Waals surface area contributed by atoms with Crippen LogP contribution in [-0.4, -0.2) is 75.4 Å². The quantitative estimate of drug-likeness (QED) is 0.522. The second-order valence-corrected chi connectivity index (χ2v) is 9.66. The fourth-order valence-electron chi connectivity index (χ4n) is 4.61. The number of nitrogens with one attached hydrogen (secondary N) is 2. The summed E-state index contributed by atoms with van der Waals surface area (Å²) in [6.45, 7) is 5.01. The number of piperazine rings is 1. The van der Waals surface area contributed by atoms with Crippen molar-refractivity contribution in [2.24, 2.45) is 0 Å². The standard InChI is InChI=1S/C23H27F3N8O3/c1-22(2,31-17-11-29-32-21(36)19(17)23(24,25)26)13-37-8-5-18(35)33-6-7-34-15(12-33)3-4-16-20(34)28-10-14(9-27)30-16/h10-11,15H,3-8,12-13H2,1-2H3,(H2,31,32,36)/t15-/m1/s1. The van der Waals surface area contributed by atoms with Gasteiger partial charge in [0.15, 0.2) is 11.5 Å². The number of nitriles is 1. The third-order valence-corrected chi connectivity index (χ3v) is 6.29. The molecule has 1 saturated heterocycles. The number of rotatable bonds is 7. The molecule has 0 aromatic carbocycles. The largest absolute Gasteiger partial charge is 0.423 e. The molecule has 4 heterocycles. The van der Waals surface area contributed by atoms with Gasteiger partial charge < -0.3 is 19.9 Å². The van der Waals surface area contributed by atoms with Crippen LogP contribution in [0.25, 0.3) is 0 Å². The Morgan fingerprint density at radius 1 is 1.32 bits per heavy atom. The molecule has 1 amide bonds. The van der Waals surface area contributed by atoms with Gasteiger partial charge >= 0.3 is 6.18 Å². The Bertz CT molecular complexity index is 1260. The summed E-state index contributed by atoms with van der Waals surface area (Å²) in [5, 5.41) is 17.0. The minimum absolute atomic E-state index is 0.000910. The van der Waals surface area contributed by atoms with Crippen LogP contribution in [-0.2, 0) is 22.1 Å². The first-order valence-electron chi connectivity index (χ1n) is 11.8. The molecule has 2 N–H and O–H groups in total. The maximum absolute atomic E-state index is 13.3. The third kappa shape index (κ3) is 5.99. The molecule has 198 valence electrons. The smallest absolute Gasteiger partial charge is 0.379 e. The molecule has 37 heavy (non-hydrogen) atoms. The lowest BCUT2D eigenvalue weighted by atomic mass is 9.99. The fourth-order valence-corrected chi connectivity index (χ4v) is 4.61. The number of alkyl halides is 3. The molecule has 2 aliphatic heterocycles. The summed E-state index contributed by atoms with van der Waals surface area (Å²) in [6.07, 6.45) is -0.863. The molecule has 0 saturated carbocycles. The Hall–Kier alpha value is -3.73. The van der Waals surface area contributed by atoms with Crippen molar-refractivity contribution in [2.45, 2.75) is 50.9 Å². The van der Waals surface area contributed by atoms with Gasteiger partial charge in [-0.15, -0.1) is 0 Å². The van der Waals surface area contributed by atoms with E-state index >= 15 is 0 Å². The number of hydrogen-bond donors (Lipinski definition) is 2. The molecular formula is C23H27F3N8O3. The van der Waals surface area contributed by atoms with Crippen LogP contribution in [0.1, 0.15) is 43.6 Å². The number of aryl methyl sites for hydroxylation is 1. The molecule has 0 aliphatic carbocycles. The lowest BCUT2D eigenvalue weighted by Gasteiger charge is -2.44. The first-order chi connectivity index (χ1) is 17.5. The fraction of sp³-hybridized carbons (Fsp3) is 0.565. The maximum Gasteiger partial charge on any atom is 0.423 e. The van der Waals surface area contributed by atoms with Crippen LogP contribution < -0.4 is 15.8 Å². The number of amides is 1. The second-order valence-electron chi connectivity index (χ2n) is 9.66. The predicted molar refractivity (Wildman–Crippen MR) is 126 cm³/mol. The minimum Gasteiger partial charge on any atom is -0.379 e. The molecule has 0 bridgehead atoms. The number of nitrogens with zero attached hydrogens (tertiary/aromatic N) is 6. The monoisotopic (exact) mass is 520 g/mol. The van der Waals surface area contributed by atoms with Crippen molar-refractivity contribution in [2.75, 3.05) is 43.1 Å². The molecule has 14 heteroatoms. The van der Waals surface area contributed by atoms with Crippen molar-refractivity contribution in [1.29, 1.82) is 5.26 Å². The maximum atomic E-state index is 13.3. The van der Waals surface area contributed by atoms with E-state index in [4.69, 9.17) is 10.00 Å². The third-order valence-electron chi connectivity index (χ3n) is 6.29. The highest BCUT2D eigenvalue weighted by Gasteiger charge is 2.39. The van der Waals surface area contributed by atoms with Crippen molar-refractivity contribution in [1.82, 2.24) is 25.1 Å². The molecule has 2 aromatic rings. The van der Waals surface area contributed by atoms with Gasteiger partial charge in [-0.2, -0.15) is 23.5 Å². The predicted octanol–water partition coefficient (Wildman–Crippen LogP) is 1.71. The van der Waals surface area contributed by atoms with Crippen LogP contribution in [0.4, 0.5) is 24.7 Å². The summed E-state index contributed by atoms with van der Waals surface area (Å²) >= 11 is 0. The lowest BCUT2D eigenvalue weighted by Crippen LogP contribution is -2.57. The number of ether oxygens (including phenoxy) is 1. The Balaban J connectivity index is 1.26. The first-order valence-corrected chi connectivity index (χ1v) is 11.8. The topological polar surface area (TPSA) is 140 Å². The molecule has 1 atom stereocenters. The molecule has 11 nitrogen and oxygen atoms in total. The molecule has 2 aromatic heterocycles. The average Bonchev–Trinajstić information content (AvgIpc) is 2.84. The highest BCUT2D eigenvalue weighted by atomic mass is 19.4. The number of carbonyl (C=O) groups excluding carboxylic acids is 1. The molecule has 4 rings (SSSR count). The lowest BCUT2D eigenvalue weighted by molar-refractivity contribution is -0.138. The van der Waals surface area contributed by atoms with E-state index < -0.39 is 28.5 Å². The SMILES string of the molecule is CC(C)(COCCC(=O)N1CCN2c3ncc(C#N)nc3CC[C@@H]2C1)Nc1cn[nH]c(=O)c1C(F)(F)F. The van der Waals surface area contributed by atoms with Crippen molar-refractivity contribution in [3.8, 4) is 6.07 Å². The van der Waals surface area contributed by atoms with Crippen LogP contribution >= 0.6 is 0 Å². The van der Waals surface area contributed by atoms with Crippen molar-refractivity contribution < 1.29 is 22.7 Å². The van der Waals surface area contributed by atoms with E-state index in [9.17, 15) is 22.8 Å². The van der Waals surface area contributed by atoms with E-state index in [1.54, 1.807) is 23.8 Å². The zero-order valence-electron chi connectivity index (χ0n) is 20.4. The summed E-state index contributed by atoms with van der Waals surface area (Å²) in [4.78, 5) is 37.1. The van der Waals surface area contributed by atoms with Crippen molar-refractivity contribution in [3.05, 3.63) is 39.7 Å². The zero-order valence-corrected chi connectivity index (χ0v) is 20.4. The molecule has 0 spiro atoms. The van der Waals surface area contributed by atoms with E-state index in [1.165, 1.54) is 6.20 Å². The van der Waals surface area contributed by atoms with E-state index in [1.807, 2.05) is 6.07 Å². The Morgan fingerprint density at radius 3 is 2.84 bits per heavy atom. The van der Waals surface area contributed by atoms with Gasteiger partial charge in [0, 0.05) is 25.7 Å². The van der Waals surface area contributed by atoms with E-state index in [0.29, 0.717) is 31.7 Å². The Labute approximate surface area is 210 Å². The minimum atomic E-state index is -4.85. The number of hydrogen-bond acceptors (Lipinski definition) is 9. The number of carbonyl (C=O) groups is 1. The highest BCUT2D eigenvalue weighted by molar-refractivity contribution is 5.76. The van der Waals surface area contributed by atoms with E-state index in [0.717, 1.165) is 24.1 Å². The Morgan fingerprint density at radius 2 is 2.11 bits per heavy atom. The summed E-state index contributed by atoms with van der Waals surface area (Å²) in [6, 6.07) is 2.12. The molecule has 2 aliphatic rings. The van der Waals surface area contributed by atoms with Crippen LogP contribution in [0.5, 0.6) is 0 Å². The number of halogens is 3. The first kappa shape index (κ1) is 26.3. The van der Waals surface area contributed by atoms with Crippen LogP contribution in [0.3, 0.4) is 0 Å². The average molecular weight is 521 g/mol. The van der Waals surface area contributed by atoms with Gasteiger partial charge in [0.05, 0.1) is 48.9 Å². The van der Waals surface area contributed by atoms with Gasteiger partial charge in [-0.05, 0) is 26.7 Å². The number of aromatic nitrogens is 4. The number of fused-ring (bicyclic) bond motifs is 3. The van der Waals surface area contributed by atoms with Crippen molar-refractivity contribution in [3.63, 3.8) is 0 Å². The molecule has 0 unspecified atom stereocenters. The highest BCUT2D eigenvalue weighted by Crippen LogP contribution is 2.33. The number of aromatic amines is 1. The number of anilines is 2. The summed E-state index contributed by atoms with van der Waals surface area (Å²) in [5.41, 5.74) is -3.00. The normalized spacial score (nSPS) is 17.6. The van der Waals surface area contributed by atoms with Gasteiger partial charge in [-0.3, -0.25) is 9.59 Å². The van der Waals surface area contributed by atoms with Gasteiger partial charge in [0.1, 0.15) is 11.6 Å². The zero-order chi connectivity index (χ0) is 26.8. The summed E-state index contributed by atoms with van der Waals surface area (Å²) in [5.74, 6) is 0.699. The van der Waals surface area contributed by atoms with Gasteiger partial charge in [-0.1, -0.05) is 0 Å². The van der Waals surface area contributed by atoms with E-state index in [-0.39, 0.29) is 31.6 Å². The van der Waals surface area contributed by atoms with E-state index in [2.05, 4.69) is 25.3 Å². The van der Waals surface area contributed by atoms with Crippen molar-refractivity contribution >= 4 is 17.4 Å². The second kappa shape index (κ2) is 10.3. The Kier molecular flexibility index (Phi) is 7.35. The van der Waals surface area contributed by atoms with Gasteiger partial charge in [0.25, 0.3) is 5.56 Å². The van der Waals surface area contributed by atoms with Gasteiger partial charge in [-0.25, -0.2) is 15.1 Å². The van der Waals surface area contributed by atoms with Gasteiger partial charge in [0.2, 0.25) is 5.91 Å². The van der Waals surface area contributed by atoms with Crippen LogP contribution in [0, 0.1) is 11.3 Å².